The number of aliphatic imine (C=N–C) groups is 1. The van der Waals surface area contributed by atoms with E-state index in [-0.39, 0.29) is 12.4 Å². The summed E-state index contributed by atoms with van der Waals surface area (Å²) in [6.45, 7) is 3.74. The molecular formula is C14H15FN2O2S. The molecular weight excluding hydrogens is 279 g/mol. The fourth-order valence-corrected chi connectivity index (χ4v) is 2.96. The predicted molar refractivity (Wildman–Crippen MR) is 78.6 cm³/mol. The Hall–Kier alpha value is -1.66. The lowest BCUT2D eigenvalue weighted by Gasteiger charge is -2.21. The molecule has 1 unspecified atom stereocenters. The van der Waals surface area contributed by atoms with Crippen LogP contribution in [0.2, 0.25) is 0 Å². The van der Waals surface area contributed by atoms with Crippen LogP contribution >= 0.6 is 11.8 Å². The second-order valence-electron chi connectivity index (χ2n) is 4.15. The number of nitrogens with two attached hydrogens (primary N) is 1. The summed E-state index contributed by atoms with van der Waals surface area (Å²) in [7, 11) is 0. The van der Waals surface area contributed by atoms with Crippen molar-refractivity contribution in [3.05, 3.63) is 41.2 Å². The first-order valence-corrected chi connectivity index (χ1v) is 7.05. The highest BCUT2D eigenvalue weighted by atomic mass is 32.2. The number of ether oxygens (including phenoxy) is 1. The lowest BCUT2D eigenvalue weighted by atomic mass is 10.1. The Morgan fingerprint density at radius 3 is 2.70 bits per heavy atom. The van der Waals surface area contributed by atoms with Crippen molar-refractivity contribution in [2.45, 2.75) is 19.3 Å². The van der Waals surface area contributed by atoms with Crippen LogP contribution in [0.5, 0.6) is 0 Å². The summed E-state index contributed by atoms with van der Waals surface area (Å²) in [6.07, 6.45) is 0. The number of benzene rings is 1. The van der Waals surface area contributed by atoms with Gasteiger partial charge < -0.3 is 10.5 Å². The molecule has 0 bridgehead atoms. The fourth-order valence-electron chi connectivity index (χ4n) is 1.88. The number of nitrogens with zero attached hydrogens (tertiary/aromatic N) is 1. The maximum absolute atomic E-state index is 13.0. The minimum atomic E-state index is -0.478. The van der Waals surface area contributed by atoms with Crippen molar-refractivity contribution < 1.29 is 13.9 Å². The Bertz CT molecular complexity index is 581. The quantitative estimate of drug-likeness (QED) is 0.870. The number of hydrogen-bond acceptors (Lipinski definition) is 5. The van der Waals surface area contributed by atoms with Crippen LogP contribution in [0.25, 0.3) is 4.91 Å². The third kappa shape index (κ3) is 3.08. The molecule has 1 atom stereocenters. The van der Waals surface area contributed by atoms with Gasteiger partial charge in [-0.2, -0.15) is 0 Å². The molecule has 0 amide bonds. The van der Waals surface area contributed by atoms with Gasteiger partial charge in [0.15, 0.2) is 0 Å². The Morgan fingerprint density at radius 2 is 2.10 bits per heavy atom. The van der Waals surface area contributed by atoms with E-state index in [0.717, 1.165) is 5.56 Å². The average molecular weight is 294 g/mol. The molecule has 2 N–H and O–H groups in total. The molecule has 4 nitrogen and oxygen atoms in total. The number of hydrogen-bond donors (Lipinski definition) is 1. The second kappa shape index (κ2) is 6.19. The smallest absolute Gasteiger partial charge is 0.341 e. The number of thioether (sulfide) groups is 1. The SMILES string of the molecule is CCOC(=O)C1=C(c2ccc(F)cc2)SC(N)N=C1C. The molecule has 0 saturated heterocycles. The predicted octanol–water partition coefficient (Wildman–Crippen LogP) is 2.55. The molecule has 1 aromatic rings. The topological polar surface area (TPSA) is 64.7 Å². The van der Waals surface area contributed by atoms with Crippen molar-refractivity contribution in [2.75, 3.05) is 6.61 Å². The van der Waals surface area contributed by atoms with E-state index in [1.54, 1.807) is 26.0 Å². The zero-order valence-corrected chi connectivity index (χ0v) is 12.0. The monoisotopic (exact) mass is 294 g/mol. The van der Waals surface area contributed by atoms with E-state index in [1.807, 2.05) is 0 Å². The van der Waals surface area contributed by atoms with Gasteiger partial charge in [0.2, 0.25) is 0 Å². The Labute approximate surface area is 120 Å². The van der Waals surface area contributed by atoms with Gasteiger partial charge in [0, 0.05) is 4.91 Å². The number of esters is 1. The van der Waals surface area contributed by atoms with Crippen LogP contribution in [0.3, 0.4) is 0 Å². The summed E-state index contributed by atoms with van der Waals surface area (Å²) in [6, 6.07) is 5.92. The van der Waals surface area contributed by atoms with Crippen LogP contribution in [-0.2, 0) is 9.53 Å². The second-order valence-corrected chi connectivity index (χ2v) is 5.28. The zero-order chi connectivity index (χ0) is 14.7. The Morgan fingerprint density at radius 1 is 1.45 bits per heavy atom. The molecule has 106 valence electrons. The summed E-state index contributed by atoms with van der Waals surface area (Å²) >= 11 is 1.26. The normalized spacial score (nSPS) is 18.8. The average Bonchev–Trinajstić information content (AvgIpc) is 2.38. The van der Waals surface area contributed by atoms with Gasteiger partial charge in [0.05, 0.1) is 17.9 Å². The fraction of sp³-hybridized carbons (Fsp3) is 0.286. The molecule has 6 heteroatoms. The molecule has 0 saturated carbocycles. The maximum Gasteiger partial charge on any atom is 0.341 e. The molecule has 0 aromatic heterocycles. The third-order valence-corrected chi connectivity index (χ3v) is 3.76. The van der Waals surface area contributed by atoms with E-state index < -0.39 is 11.5 Å². The number of carbonyl (C=O) groups is 1. The summed E-state index contributed by atoms with van der Waals surface area (Å²) in [5, 5.41) is 0. The van der Waals surface area contributed by atoms with E-state index in [1.165, 1.54) is 23.9 Å². The number of carbonyl (C=O) groups excluding carboxylic acids is 1. The van der Waals surface area contributed by atoms with Gasteiger partial charge in [-0.3, -0.25) is 4.99 Å². The highest BCUT2D eigenvalue weighted by molar-refractivity contribution is 8.09. The summed E-state index contributed by atoms with van der Waals surface area (Å²) in [5.74, 6) is -0.769. The molecule has 1 aliphatic rings. The lowest BCUT2D eigenvalue weighted by molar-refractivity contribution is -0.137. The van der Waals surface area contributed by atoms with Gasteiger partial charge in [-0.15, -0.1) is 0 Å². The van der Waals surface area contributed by atoms with Crippen molar-refractivity contribution in [3.8, 4) is 0 Å². The first kappa shape index (κ1) is 14.7. The summed E-state index contributed by atoms with van der Waals surface area (Å²) in [4.78, 5) is 16.9. The molecule has 1 heterocycles. The minimum Gasteiger partial charge on any atom is -0.462 e. The standard InChI is InChI=1S/C14H15FN2O2S/c1-3-19-13(18)11-8(2)17-14(16)20-12(11)9-4-6-10(15)7-5-9/h4-7,14H,3,16H2,1-2H3. The first-order valence-electron chi connectivity index (χ1n) is 6.17. The van der Waals surface area contributed by atoms with E-state index in [2.05, 4.69) is 4.99 Å². The van der Waals surface area contributed by atoms with Crippen molar-refractivity contribution >= 4 is 28.3 Å². The van der Waals surface area contributed by atoms with Crippen molar-refractivity contribution in [1.82, 2.24) is 0 Å². The van der Waals surface area contributed by atoms with E-state index in [0.29, 0.717) is 16.2 Å². The lowest BCUT2D eigenvalue weighted by Crippen LogP contribution is -2.24. The van der Waals surface area contributed by atoms with E-state index in [4.69, 9.17) is 10.5 Å². The van der Waals surface area contributed by atoms with Crippen LogP contribution in [0.1, 0.15) is 19.4 Å². The van der Waals surface area contributed by atoms with Gasteiger partial charge in [0.1, 0.15) is 11.3 Å². The van der Waals surface area contributed by atoms with Crippen LogP contribution in [0, 0.1) is 5.82 Å². The largest absolute Gasteiger partial charge is 0.462 e. The highest BCUT2D eigenvalue weighted by Crippen LogP contribution is 2.37. The van der Waals surface area contributed by atoms with Gasteiger partial charge in [-0.25, -0.2) is 9.18 Å². The maximum atomic E-state index is 13.0. The number of rotatable bonds is 3. The Kier molecular flexibility index (Phi) is 4.57. The van der Waals surface area contributed by atoms with E-state index >= 15 is 0 Å². The van der Waals surface area contributed by atoms with Crippen LogP contribution < -0.4 is 5.73 Å². The molecule has 1 aliphatic heterocycles. The number of halogens is 1. The van der Waals surface area contributed by atoms with Crippen LogP contribution in [0.4, 0.5) is 4.39 Å². The van der Waals surface area contributed by atoms with Crippen LogP contribution in [0.15, 0.2) is 34.8 Å². The van der Waals surface area contributed by atoms with Gasteiger partial charge in [0.25, 0.3) is 0 Å². The highest BCUT2D eigenvalue weighted by Gasteiger charge is 2.27. The van der Waals surface area contributed by atoms with Crippen molar-refractivity contribution in [1.29, 1.82) is 0 Å². The Balaban J connectivity index is 2.51. The van der Waals surface area contributed by atoms with Gasteiger partial charge >= 0.3 is 5.97 Å². The first-order chi connectivity index (χ1) is 9.52. The summed E-state index contributed by atoms with van der Waals surface area (Å²) in [5.41, 5.74) is 7.01. The molecule has 20 heavy (non-hydrogen) atoms. The van der Waals surface area contributed by atoms with Gasteiger partial charge in [-0.05, 0) is 31.5 Å². The molecule has 0 aliphatic carbocycles. The molecule has 0 fully saturated rings. The van der Waals surface area contributed by atoms with Crippen LogP contribution in [-0.4, -0.2) is 23.8 Å². The molecule has 2 rings (SSSR count). The van der Waals surface area contributed by atoms with E-state index in [9.17, 15) is 9.18 Å². The third-order valence-electron chi connectivity index (χ3n) is 2.73. The van der Waals surface area contributed by atoms with Crippen molar-refractivity contribution in [3.63, 3.8) is 0 Å². The molecule has 0 spiro atoms. The van der Waals surface area contributed by atoms with Crippen molar-refractivity contribution in [2.24, 2.45) is 10.7 Å². The van der Waals surface area contributed by atoms with Gasteiger partial charge in [-0.1, -0.05) is 23.9 Å². The molecule has 0 radical (unpaired) electrons. The molecule has 1 aromatic carbocycles. The summed E-state index contributed by atoms with van der Waals surface area (Å²) < 4.78 is 18.1. The minimum absolute atomic E-state index is 0.281. The zero-order valence-electron chi connectivity index (χ0n) is 11.2.